The van der Waals surface area contributed by atoms with Crippen molar-refractivity contribution >= 4 is 21.7 Å². The van der Waals surface area contributed by atoms with Gasteiger partial charge in [0, 0.05) is 12.0 Å². The maximum absolute atomic E-state index is 13.7. The minimum absolute atomic E-state index is 0.0150. The van der Waals surface area contributed by atoms with Gasteiger partial charge in [0.05, 0.1) is 10.0 Å². The van der Waals surface area contributed by atoms with E-state index in [0.717, 1.165) is 6.07 Å². The Morgan fingerprint density at radius 2 is 2.13 bits per heavy atom. The Kier molecular flexibility index (Phi) is 2.63. The van der Waals surface area contributed by atoms with E-state index in [2.05, 4.69) is 15.9 Å². The van der Waals surface area contributed by atoms with Crippen LogP contribution >= 0.6 is 15.9 Å². The molecule has 0 bridgehead atoms. The van der Waals surface area contributed by atoms with Gasteiger partial charge in [-0.25, -0.2) is 8.78 Å². The van der Waals surface area contributed by atoms with Gasteiger partial charge in [-0.2, -0.15) is 0 Å². The van der Waals surface area contributed by atoms with Crippen LogP contribution in [0.2, 0.25) is 0 Å². The average Bonchev–Trinajstić information content (AvgIpc) is 2.18. The highest BCUT2D eigenvalue weighted by Gasteiger charge is 2.30. The van der Waals surface area contributed by atoms with Crippen LogP contribution in [0.1, 0.15) is 41.6 Å². The molecular weight excluding hydrogens is 266 g/mol. The van der Waals surface area contributed by atoms with Gasteiger partial charge in [0.1, 0.15) is 11.6 Å². The van der Waals surface area contributed by atoms with Gasteiger partial charge in [0.25, 0.3) is 0 Å². The number of hydrogen-bond acceptors (Lipinski definition) is 1. The van der Waals surface area contributed by atoms with Crippen LogP contribution in [0, 0.1) is 11.6 Å². The van der Waals surface area contributed by atoms with Crippen molar-refractivity contribution in [1.29, 1.82) is 0 Å². The Bertz CT molecular complexity index is 443. The van der Waals surface area contributed by atoms with Crippen LogP contribution in [0.25, 0.3) is 0 Å². The fourth-order valence-corrected chi connectivity index (χ4v) is 2.38. The molecular formula is C11H9BrF2O. The molecule has 1 aromatic carbocycles. The summed E-state index contributed by atoms with van der Waals surface area (Å²) in [5, 5.41) is 0. The monoisotopic (exact) mass is 274 g/mol. The van der Waals surface area contributed by atoms with E-state index in [1.54, 1.807) is 0 Å². The highest BCUT2D eigenvalue weighted by molar-refractivity contribution is 9.10. The maximum atomic E-state index is 13.7. The maximum Gasteiger partial charge on any atom is 0.166 e. The molecule has 1 nitrogen and oxygen atoms in total. The second-order valence-corrected chi connectivity index (χ2v) is 4.66. The highest BCUT2D eigenvalue weighted by atomic mass is 79.9. The Morgan fingerprint density at radius 1 is 1.47 bits per heavy atom. The van der Waals surface area contributed by atoms with E-state index in [-0.39, 0.29) is 27.3 Å². The van der Waals surface area contributed by atoms with Gasteiger partial charge < -0.3 is 0 Å². The van der Waals surface area contributed by atoms with Gasteiger partial charge in [0.15, 0.2) is 5.78 Å². The van der Waals surface area contributed by atoms with E-state index in [9.17, 15) is 13.6 Å². The molecule has 1 aromatic rings. The molecule has 1 aliphatic rings. The average molecular weight is 275 g/mol. The van der Waals surface area contributed by atoms with Crippen LogP contribution in [-0.4, -0.2) is 5.78 Å². The van der Waals surface area contributed by atoms with Gasteiger partial charge in [-0.05, 0) is 34.3 Å². The van der Waals surface area contributed by atoms with E-state index in [4.69, 9.17) is 0 Å². The second-order valence-electron chi connectivity index (χ2n) is 3.81. The number of Topliss-reactive ketones (excluding diaryl/α,β-unsaturated/α-hetero) is 1. The summed E-state index contributed by atoms with van der Waals surface area (Å²) in [6.07, 6.45) is 0.880. The fourth-order valence-electron chi connectivity index (χ4n) is 1.98. The normalized spacial score (nSPS) is 20.3. The molecule has 15 heavy (non-hydrogen) atoms. The van der Waals surface area contributed by atoms with Crippen molar-refractivity contribution in [3.05, 3.63) is 33.3 Å². The second kappa shape index (κ2) is 3.67. The molecule has 0 radical (unpaired) electrons. The predicted molar refractivity (Wildman–Crippen MR) is 56.0 cm³/mol. The molecule has 0 N–H and O–H groups in total. The molecule has 0 saturated carbocycles. The number of carbonyl (C=O) groups excluding carboxylic acids is 1. The number of rotatable bonds is 0. The van der Waals surface area contributed by atoms with Gasteiger partial charge in [-0.3, -0.25) is 4.79 Å². The van der Waals surface area contributed by atoms with Gasteiger partial charge in [-0.15, -0.1) is 0 Å². The smallest absolute Gasteiger partial charge is 0.166 e. The number of benzene rings is 1. The number of halogens is 3. The van der Waals surface area contributed by atoms with Crippen LogP contribution in [-0.2, 0) is 0 Å². The minimum atomic E-state index is -0.636. The third kappa shape index (κ3) is 1.61. The summed E-state index contributed by atoms with van der Waals surface area (Å²) >= 11 is 2.91. The molecule has 0 saturated heterocycles. The summed E-state index contributed by atoms with van der Waals surface area (Å²) in [7, 11) is 0. The Balaban J connectivity index is 2.76. The van der Waals surface area contributed by atoms with Crippen molar-refractivity contribution in [2.75, 3.05) is 0 Å². The summed E-state index contributed by atoms with van der Waals surface area (Å²) < 4.78 is 27.3. The first-order valence-corrected chi connectivity index (χ1v) is 5.52. The van der Waals surface area contributed by atoms with Crippen LogP contribution in [0.3, 0.4) is 0 Å². The lowest BCUT2D eigenvalue weighted by atomic mass is 9.82. The zero-order valence-electron chi connectivity index (χ0n) is 8.11. The Hall–Kier alpha value is -0.770. The molecule has 0 aliphatic heterocycles. The lowest BCUT2D eigenvalue weighted by Crippen LogP contribution is -2.18. The van der Waals surface area contributed by atoms with Crippen molar-refractivity contribution in [2.45, 2.75) is 25.7 Å². The molecule has 1 atom stereocenters. The van der Waals surface area contributed by atoms with Gasteiger partial charge in [-0.1, -0.05) is 6.92 Å². The standard InChI is InChI=1S/C11H9BrF2O/c1-5-2-3-8(15)10-9(5)7(13)4-6(12)11(10)14/h4-5H,2-3H2,1H3. The molecule has 1 unspecified atom stereocenters. The van der Waals surface area contributed by atoms with Crippen LogP contribution in [0.5, 0.6) is 0 Å². The van der Waals surface area contributed by atoms with Crippen molar-refractivity contribution in [2.24, 2.45) is 0 Å². The minimum Gasteiger partial charge on any atom is -0.294 e. The predicted octanol–water partition coefficient (Wildman–Crippen LogP) is 3.81. The Labute approximate surface area is 94.6 Å². The van der Waals surface area contributed by atoms with Crippen LogP contribution in [0.4, 0.5) is 8.78 Å². The zero-order valence-corrected chi connectivity index (χ0v) is 9.70. The lowest BCUT2D eigenvalue weighted by molar-refractivity contribution is 0.0962. The molecule has 4 heteroatoms. The zero-order chi connectivity index (χ0) is 11.2. The molecule has 80 valence electrons. The molecule has 0 fully saturated rings. The van der Waals surface area contributed by atoms with Gasteiger partial charge in [0.2, 0.25) is 0 Å². The first kappa shape index (κ1) is 10.7. The van der Waals surface area contributed by atoms with Crippen LogP contribution < -0.4 is 0 Å². The fraction of sp³-hybridized carbons (Fsp3) is 0.364. The van der Waals surface area contributed by atoms with Crippen molar-refractivity contribution in [3.8, 4) is 0 Å². The summed E-state index contributed by atoms with van der Waals surface area (Å²) in [5.41, 5.74) is 0.160. The molecule has 1 aliphatic carbocycles. The topological polar surface area (TPSA) is 17.1 Å². The number of carbonyl (C=O) groups is 1. The molecule has 0 aromatic heterocycles. The Morgan fingerprint density at radius 3 is 2.80 bits per heavy atom. The SMILES string of the molecule is CC1CCC(=O)c2c(F)c(Br)cc(F)c21. The van der Waals surface area contributed by atoms with Crippen molar-refractivity contribution in [1.82, 2.24) is 0 Å². The van der Waals surface area contributed by atoms with E-state index in [0.29, 0.717) is 12.8 Å². The van der Waals surface area contributed by atoms with E-state index >= 15 is 0 Å². The summed E-state index contributed by atoms with van der Waals surface area (Å²) in [5.74, 6) is -1.54. The van der Waals surface area contributed by atoms with E-state index < -0.39 is 11.6 Å². The number of ketones is 1. The molecule has 2 rings (SSSR count). The first-order chi connectivity index (χ1) is 7.02. The summed E-state index contributed by atoms with van der Waals surface area (Å²) in [4.78, 5) is 11.5. The summed E-state index contributed by atoms with van der Waals surface area (Å²) in [6, 6.07) is 1.09. The van der Waals surface area contributed by atoms with Crippen molar-refractivity contribution < 1.29 is 13.6 Å². The lowest BCUT2D eigenvalue weighted by Gasteiger charge is -2.22. The third-order valence-electron chi connectivity index (χ3n) is 2.79. The molecule has 0 amide bonds. The number of fused-ring (bicyclic) bond motifs is 1. The van der Waals surface area contributed by atoms with E-state index in [1.165, 1.54) is 0 Å². The van der Waals surface area contributed by atoms with E-state index in [1.807, 2.05) is 6.92 Å². The first-order valence-electron chi connectivity index (χ1n) is 4.73. The molecule has 0 spiro atoms. The van der Waals surface area contributed by atoms with Crippen molar-refractivity contribution in [3.63, 3.8) is 0 Å². The largest absolute Gasteiger partial charge is 0.294 e. The molecule has 0 heterocycles. The highest BCUT2D eigenvalue weighted by Crippen LogP contribution is 2.37. The van der Waals surface area contributed by atoms with Crippen LogP contribution in [0.15, 0.2) is 10.5 Å². The summed E-state index contributed by atoms with van der Waals surface area (Å²) in [6.45, 7) is 1.81. The van der Waals surface area contributed by atoms with Gasteiger partial charge >= 0.3 is 0 Å². The quantitative estimate of drug-likeness (QED) is 0.658. The third-order valence-corrected chi connectivity index (χ3v) is 3.36. The number of hydrogen-bond donors (Lipinski definition) is 0.